The van der Waals surface area contributed by atoms with Gasteiger partial charge in [-0.15, -0.1) is 11.3 Å². The second-order valence-corrected chi connectivity index (χ2v) is 4.76. The zero-order valence-electron chi connectivity index (χ0n) is 9.74. The SMILES string of the molecule is Cn1c(O)c(/C=N/c2nccs2)c2ccccc21. The van der Waals surface area contributed by atoms with Crippen LogP contribution >= 0.6 is 11.3 Å². The molecule has 2 aromatic heterocycles. The zero-order valence-corrected chi connectivity index (χ0v) is 10.6. The van der Waals surface area contributed by atoms with Crippen LogP contribution in [0.25, 0.3) is 10.9 Å². The van der Waals surface area contributed by atoms with Gasteiger partial charge in [-0.1, -0.05) is 18.2 Å². The van der Waals surface area contributed by atoms with Crippen molar-refractivity contribution in [3.63, 3.8) is 0 Å². The second kappa shape index (κ2) is 4.27. The maximum Gasteiger partial charge on any atom is 0.209 e. The fourth-order valence-electron chi connectivity index (χ4n) is 1.94. The Morgan fingerprint density at radius 2 is 2.22 bits per heavy atom. The third-order valence-corrected chi connectivity index (χ3v) is 3.52. The number of nitrogens with zero attached hydrogens (tertiary/aromatic N) is 3. The number of para-hydroxylation sites is 1. The first-order valence-corrected chi connectivity index (χ1v) is 6.35. The Hall–Kier alpha value is -2.14. The lowest BCUT2D eigenvalue weighted by Gasteiger charge is -1.95. The molecule has 1 N–H and O–H groups in total. The van der Waals surface area contributed by atoms with Crippen LogP contribution in [0.15, 0.2) is 40.8 Å². The molecule has 0 aliphatic heterocycles. The summed E-state index contributed by atoms with van der Waals surface area (Å²) in [4.78, 5) is 8.35. The average Bonchev–Trinajstić information content (AvgIpc) is 2.98. The minimum absolute atomic E-state index is 0.219. The van der Waals surface area contributed by atoms with Crippen molar-refractivity contribution in [2.45, 2.75) is 0 Å². The summed E-state index contributed by atoms with van der Waals surface area (Å²) in [6, 6.07) is 7.83. The van der Waals surface area contributed by atoms with E-state index in [1.54, 1.807) is 17.0 Å². The summed E-state index contributed by atoms with van der Waals surface area (Å²) in [7, 11) is 1.83. The first-order chi connectivity index (χ1) is 8.77. The lowest BCUT2D eigenvalue weighted by molar-refractivity contribution is 0.434. The number of aromatic nitrogens is 2. The van der Waals surface area contributed by atoms with Crippen molar-refractivity contribution in [1.82, 2.24) is 9.55 Å². The van der Waals surface area contributed by atoms with Gasteiger partial charge in [0.2, 0.25) is 11.0 Å². The molecule has 0 aliphatic carbocycles. The monoisotopic (exact) mass is 257 g/mol. The van der Waals surface area contributed by atoms with Crippen LogP contribution < -0.4 is 0 Å². The molecule has 3 aromatic rings. The quantitative estimate of drug-likeness (QED) is 0.717. The number of aliphatic imine (C=N–C) groups is 1. The van der Waals surface area contributed by atoms with Crippen LogP contribution in [-0.4, -0.2) is 20.9 Å². The Morgan fingerprint density at radius 1 is 1.39 bits per heavy atom. The van der Waals surface area contributed by atoms with Gasteiger partial charge in [0.05, 0.1) is 11.1 Å². The van der Waals surface area contributed by atoms with E-state index in [0.717, 1.165) is 16.5 Å². The molecule has 1 aromatic carbocycles. The summed E-state index contributed by atoms with van der Waals surface area (Å²) in [6.07, 6.45) is 3.37. The molecule has 3 rings (SSSR count). The average molecular weight is 257 g/mol. The van der Waals surface area contributed by atoms with Gasteiger partial charge < -0.3 is 9.67 Å². The highest BCUT2D eigenvalue weighted by Gasteiger charge is 2.11. The minimum atomic E-state index is 0.219. The zero-order chi connectivity index (χ0) is 12.5. The highest BCUT2D eigenvalue weighted by atomic mass is 32.1. The first kappa shape index (κ1) is 11.0. The molecule has 0 saturated carbocycles. The molecule has 0 bridgehead atoms. The number of thiazole rings is 1. The van der Waals surface area contributed by atoms with E-state index in [1.165, 1.54) is 11.3 Å². The van der Waals surface area contributed by atoms with Crippen molar-refractivity contribution in [3.8, 4) is 5.88 Å². The normalized spacial score (nSPS) is 11.6. The Kier molecular flexibility index (Phi) is 2.60. The number of hydrogen-bond acceptors (Lipinski definition) is 4. The lowest BCUT2D eigenvalue weighted by Crippen LogP contribution is -1.85. The molecule has 0 radical (unpaired) electrons. The van der Waals surface area contributed by atoms with Gasteiger partial charge in [-0.2, -0.15) is 0 Å². The van der Waals surface area contributed by atoms with Crippen molar-refractivity contribution < 1.29 is 5.11 Å². The Labute approximate surface area is 108 Å². The first-order valence-electron chi connectivity index (χ1n) is 5.47. The number of hydrogen-bond donors (Lipinski definition) is 1. The number of fused-ring (bicyclic) bond motifs is 1. The van der Waals surface area contributed by atoms with Crippen molar-refractivity contribution in [2.75, 3.05) is 0 Å². The smallest absolute Gasteiger partial charge is 0.209 e. The maximum atomic E-state index is 10.1. The molecule has 0 atom stereocenters. The maximum absolute atomic E-state index is 10.1. The van der Waals surface area contributed by atoms with Gasteiger partial charge in [0, 0.05) is 30.2 Å². The molecule has 0 amide bonds. The van der Waals surface area contributed by atoms with Crippen LogP contribution in [0.2, 0.25) is 0 Å². The van der Waals surface area contributed by atoms with Gasteiger partial charge in [-0.3, -0.25) is 0 Å². The summed E-state index contributed by atoms with van der Waals surface area (Å²) in [5.74, 6) is 0.219. The van der Waals surface area contributed by atoms with Gasteiger partial charge in [0.15, 0.2) is 0 Å². The summed E-state index contributed by atoms with van der Waals surface area (Å²) < 4.78 is 1.75. The highest BCUT2D eigenvalue weighted by Crippen LogP contribution is 2.29. The molecule has 90 valence electrons. The molecule has 0 unspecified atom stereocenters. The van der Waals surface area contributed by atoms with E-state index < -0.39 is 0 Å². The fourth-order valence-corrected chi connectivity index (χ4v) is 2.41. The van der Waals surface area contributed by atoms with Gasteiger partial charge in [-0.25, -0.2) is 9.98 Å². The molecule has 0 spiro atoms. The van der Waals surface area contributed by atoms with Crippen molar-refractivity contribution in [1.29, 1.82) is 0 Å². The van der Waals surface area contributed by atoms with Crippen LogP contribution in [0.5, 0.6) is 5.88 Å². The van der Waals surface area contributed by atoms with Gasteiger partial charge in [0.1, 0.15) is 0 Å². The lowest BCUT2D eigenvalue weighted by atomic mass is 10.2. The van der Waals surface area contributed by atoms with E-state index in [2.05, 4.69) is 9.98 Å². The van der Waals surface area contributed by atoms with E-state index in [9.17, 15) is 5.11 Å². The Balaban J connectivity index is 2.14. The van der Waals surface area contributed by atoms with Gasteiger partial charge >= 0.3 is 0 Å². The highest BCUT2D eigenvalue weighted by molar-refractivity contribution is 7.13. The van der Waals surface area contributed by atoms with Crippen LogP contribution in [0.1, 0.15) is 5.56 Å². The fraction of sp³-hybridized carbons (Fsp3) is 0.0769. The molecular formula is C13H11N3OS. The van der Waals surface area contributed by atoms with Gasteiger partial charge in [0.25, 0.3) is 0 Å². The van der Waals surface area contributed by atoms with E-state index in [-0.39, 0.29) is 5.88 Å². The molecule has 0 saturated heterocycles. The minimum Gasteiger partial charge on any atom is -0.494 e. The topological polar surface area (TPSA) is 50.4 Å². The summed E-state index contributed by atoms with van der Waals surface area (Å²) in [5.41, 5.74) is 1.71. The molecule has 0 fully saturated rings. The van der Waals surface area contributed by atoms with Crippen LogP contribution in [-0.2, 0) is 7.05 Å². The second-order valence-electron chi connectivity index (χ2n) is 3.89. The van der Waals surface area contributed by atoms with Crippen molar-refractivity contribution in [3.05, 3.63) is 41.4 Å². The number of benzene rings is 1. The van der Waals surface area contributed by atoms with E-state index in [4.69, 9.17) is 0 Å². The largest absolute Gasteiger partial charge is 0.494 e. The standard InChI is InChI=1S/C13H11N3OS/c1-16-11-5-3-2-4-9(11)10(12(16)17)8-15-13-14-6-7-18-13/h2-8,17H,1H3/b15-8+. The number of aryl methyl sites for hydroxylation is 1. The molecule has 18 heavy (non-hydrogen) atoms. The molecule has 4 nitrogen and oxygen atoms in total. The predicted molar refractivity (Wildman–Crippen MR) is 74.0 cm³/mol. The third kappa shape index (κ3) is 1.69. The summed E-state index contributed by atoms with van der Waals surface area (Å²) >= 11 is 1.46. The summed E-state index contributed by atoms with van der Waals surface area (Å²) in [5, 5.41) is 13.6. The molecule has 2 heterocycles. The summed E-state index contributed by atoms with van der Waals surface area (Å²) in [6.45, 7) is 0. The van der Waals surface area contributed by atoms with Crippen LogP contribution in [0.3, 0.4) is 0 Å². The van der Waals surface area contributed by atoms with Crippen molar-refractivity contribution >= 4 is 33.6 Å². The predicted octanol–water partition coefficient (Wildman–Crippen LogP) is 3.09. The third-order valence-electron chi connectivity index (χ3n) is 2.84. The number of rotatable bonds is 2. The number of aromatic hydroxyl groups is 1. The van der Waals surface area contributed by atoms with Crippen LogP contribution in [0.4, 0.5) is 5.13 Å². The van der Waals surface area contributed by atoms with E-state index >= 15 is 0 Å². The van der Waals surface area contributed by atoms with Gasteiger partial charge in [-0.05, 0) is 6.07 Å². The molecule has 0 aliphatic rings. The molecular weight excluding hydrogens is 246 g/mol. The molecule has 5 heteroatoms. The Bertz CT molecular complexity index is 713. The van der Waals surface area contributed by atoms with E-state index in [1.807, 2.05) is 36.7 Å². The van der Waals surface area contributed by atoms with Crippen LogP contribution in [0, 0.1) is 0 Å². The Morgan fingerprint density at radius 3 is 3.00 bits per heavy atom. The van der Waals surface area contributed by atoms with E-state index in [0.29, 0.717) is 5.13 Å². The van der Waals surface area contributed by atoms with Crippen molar-refractivity contribution in [2.24, 2.45) is 12.0 Å².